The summed E-state index contributed by atoms with van der Waals surface area (Å²) in [6.07, 6.45) is 3.98. The van der Waals surface area contributed by atoms with E-state index in [4.69, 9.17) is 27.7 Å². The van der Waals surface area contributed by atoms with Gasteiger partial charge >= 0.3 is 0 Å². The van der Waals surface area contributed by atoms with Crippen molar-refractivity contribution in [2.75, 3.05) is 6.54 Å². The summed E-state index contributed by atoms with van der Waals surface area (Å²) in [6.45, 7) is 1.04. The zero-order valence-corrected chi connectivity index (χ0v) is 15.9. The highest BCUT2D eigenvalue weighted by Gasteiger charge is 2.26. The predicted molar refractivity (Wildman–Crippen MR) is 107 cm³/mol. The van der Waals surface area contributed by atoms with Crippen LogP contribution in [0.15, 0.2) is 59.1 Å². The molecule has 0 atom stereocenters. The van der Waals surface area contributed by atoms with Gasteiger partial charge in [0.2, 0.25) is 5.91 Å². The number of amides is 1. The molecule has 1 aromatic heterocycles. The molecular weight excluding hydrogens is 383 g/mol. The first-order valence-corrected chi connectivity index (χ1v) is 9.32. The van der Waals surface area contributed by atoms with Crippen LogP contribution in [0.3, 0.4) is 0 Å². The van der Waals surface area contributed by atoms with Crippen LogP contribution >= 0.6 is 23.2 Å². The van der Waals surface area contributed by atoms with Gasteiger partial charge in [0.15, 0.2) is 5.76 Å². The highest BCUT2D eigenvalue weighted by atomic mass is 35.5. The number of fused-ring (bicyclic) bond motifs is 1. The minimum Gasteiger partial charge on any atom is -0.356 e. The highest BCUT2D eigenvalue weighted by molar-refractivity contribution is 6.32. The molecule has 0 fully saturated rings. The van der Waals surface area contributed by atoms with E-state index < -0.39 is 0 Å². The van der Waals surface area contributed by atoms with Gasteiger partial charge in [-0.3, -0.25) is 4.79 Å². The predicted octanol–water partition coefficient (Wildman–Crippen LogP) is 5.25. The van der Waals surface area contributed by atoms with Crippen molar-refractivity contribution in [3.8, 4) is 11.3 Å². The van der Waals surface area contributed by atoms with Gasteiger partial charge in [-0.1, -0.05) is 46.6 Å². The Morgan fingerprint density at radius 2 is 1.89 bits per heavy atom. The molecule has 1 aliphatic rings. The summed E-state index contributed by atoms with van der Waals surface area (Å²) in [7, 11) is 0. The molecule has 0 radical (unpaired) electrons. The Morgan fingerprint density at radius 3 is 2.67 bits per heavy atom. The number of nitrogens with zero attached hydrogens (tertiary/aromatic N) is 2. The average molecular weight is 399 g/mol. The van der Waals surface area contributed by atoms with Gasteiger partial charge in [0.05, 0.1) is 6.54 Å². The minimum absolute atomic E-state index is 0.0726. The Morgan fingerprint density at radius 1 is 1.11 bits per heavy atom. The van der Waals surface area contributed by atoms with Crippen molar-refractivity contribution in [2.45, 2.75) is 13.0 Å². The first kappa shape index (κ1) is 17.8. The monoisotopic (exact) mass is 398 g/mol. The fraction of sp³-hybridized carbons (Fsp3) is 0.143. The first-order chi connectivity index (χ1) is 13.1. The third-order valence-electron chi connectivity index (χ3n) is 4.57. The van der Waals surface area contributed by atoms with Crippen molar-refractivity contribution in [1.29, 1.82) is 0 Å². The van der Waals surface area contributed by atoms with E-state index in [0.717, 1.165) is 28.1 Å². The van der Waals surface area contributed by atoms with E-state index in [1.54, 1.807) is 23.1 Å². The van der Waals surface area contributed by atoms with E-state index in [0.29, 0.717) is 29.6 Å². The van der Waals surface area contributed by atoms with Crippen LogP contribution in [0.5, 0.6) is 0 Å². The molecule has 0 spiro atoms. The van der Waals surface area contributed by atoms with Crippen LogP contribution < -0.4 is 0 Å². The molecule has 1 amide bonds. The van der Waals surface area contributed by atoms with Crippen LogP contribution in [0.2, 0.25) is 10.0 Å². The second-order valence-electron chi connectivity index (χ2n) is 6.31. The molecule has 4 nitrogen and oxygen atoms in total. The summed E-state index contributed by atoms with van der Waals surface area (Å²) in [5.41, 5.74) is 3.60. The van der Waals surface area contributed by atoms with Crippen molar-refractivity contribution >= 4 is 35.2 Å². The number of benzene rings is 2. The van der Waals surface area contributed by atoms with Gasteiger partial charge in [-0.25, -0.2) is 0 Å². The molecule has 3 aromatic rings. The Hall–Kier alpha value is -2.56. The van der Waals surface area contributed by atoms with E-state index in [2.05, 4.69) is 5.16 Å². The van der Waals surface area contributed by atoms with Crippen LogP contribution in [0.1, 0.15) is 16.8 Å². The number of carbonyl (C=O) groups excluding carboxylic acids is 1. The maximum atomic E-state index is 12.5. The smallest absolute Gasteiger partial charge is 0.246 e. The number of halogens is 2. The van der Waals surface area contributed by atoms with Crippen molar-refractivity contribution in [2.24, 2.45) is 0 Å². The van der Waals surface area contributed by atoms with Crippen LogP contribution in [-0.4, -0.2) is 22.5 Å². The standard InChI is InChI=1S/C21H16Cl2N2O2/c22-16-8-5-15(6-9-16)21-17-11-12-25(13-19(17)24-27-21)20(26)10-7-14-3-1-2-4-18(14)23/h1-10H,11-13H2/b10-7+. The lowest BCUT2D eigenvalue weighted by atomic mass is 10.0. The Labute approximate surface area is 167 Å². The summed E-state index contributed by atoms with van der Waals surface area (Å²) in [5, 5.41) is 5.47. The quantitative estimate of drug-likeness (QED) is 0.566. The van der Waals surface area contributed by atoms with E-state index in [9.17, 15) is 4.79 Å². The van der Waals surface area contributed by atoms with Gasteiger partial charge in [-0.2, -0.15) is 0 Å². The van der Waals surface area contributed by atoms with Crippen molar-refractivity contribution in [3.05, 3.63) is 81.5 Å². The third-order valence-corrected chi connectivity index (χ3v) is 5.17. The lowest BCUT2D eigenvalue weighted by Crippen LogP contribution is -2.34. The van der Waals surface area contributed by atoms with E-state index in [1.165, 1.54) is 0 Å². The van der Waals surface area contributed by atoms with Crippen LogP contribution in [0.4, 0.5) is 0 Å². The van der Waals surface area contributed by atoms with Crippen molar-refractivity contribution < 1.29 is 9.32 Å². The molecule has 0 unspecified atom stereocenters. The summed E-state index contributed by atoms with van der Waals surface area (Å²) >= 11 is 12.1. The molecule has 6 heteroatoms. The summed E-state index contributed by atoms with van der Waals surface area (Å²) in [4.78, 5) is 14.3. The number of rotatable bonds is 3. The van der Waals surface area contributed by atoms with E-state index >= 15 is 0 Å². The van der Waals surface area contributed by atoms with Crippen LogP contribution in [0.25, 0.3) is 17.4 Å². The topological polar surface area (TPSA) is 46.3 Å². The highest BCUT2D eigenvalue weighted by Crippen LogP contribution is 2.31. The summed E-state index contributed by atoms with van der Waals surface area (Å²) in [6, 6.07) is 14.9. The second kappa shape index (κ2) is 7.59. The number of hydrogen-bond acceptors (Lipinski definition) is 3. The number of hydrogen-bond donors (Lipinski definition) is 0. The molecule has 27 heavy (non-hydrogen) atoms. The zero-order chi connectivity index (χ0) is 18.8. The first-order valence-electron chi connectivity index (χ1n) is 8.56. The second-order valence-corrected chi connectivity index (χ2v) is 7.15. The Kier molecular flexibility index (Phi) is 5.01. The third kappa shape index (κ3) is 3.77. The summed E-state index contributed by atoms with van der Waals surface area (Å²) < 4.78 is 5.55. The van der Waals surface area contributed by atoms with E-state index in [-0.39, 0.29) is 5.91 Å². The summed E-state index contributed by atoms with van der Waals surface area (Å²) in [5.74, 6) is 0.678. The molecule has 136 valence electrons. The molecule has 4 rings (SSSR count). The lowest BCUT2D eigenvalue weighted by Gasteiger charge is -2.24. The molecule has 0 N–H and O–H groups in total. The normalized spacial score (nSPS) is 13.8. The Balaban J connectivity index is 1.50. The molecule has 1 aliphatic heterocycles. The molecule has 0 aliphatic carbocycles. The van der Waals surface area contributed by atoms with E-state index in [1.807, 2.05) is 42.5 Å². The number of aromatic nitrogens is 1. The molecular formula is C21H16Cl2N2O2. The minimum atomic E-state index is -0.0726. The van der Waals surface area contributed by atoms with Gasteiger partial charge in [0.25, 0.3) is 0 Å². The molecule has 0 saturated carbocycles. The largest absolute Gasteiger partial charge is 0.356 e. The van der Waals surface area contributed by atoms with Crippen molar-refractivity contribution in [1.82, 2.24) is 10.1 Å². The number of carbonyl (C=O) groups is 1. The van der Waals surface area contributed by atoms with Crippen molar-refractivity contribution in [3.63, 3.8) is 0 Å². The van der Waals surface area contributed by atoms with Gasteiger partial charge in [0, 0.05) is 33.8 Å². The van der Waals surface area contributed by atoms with Gasteiger partial charge in [-0.15, -0.1) is 0 Å². The molecule has 2 heterocycles. The zero-order valence-electron chi connectivity index (χ0n) is 14.4. The molecule has 0 saturated heterocycles. The van der Waals surface area contributed by atoms with Gasteiger partial charge in [0.1, 0.15) is 5.69 Å². The fourth-order valence-electron chi connectivity index (χ4n) is 3.12. The average Bonchev–Trinajstić information content (AvgIpc) is 3.11. The van der Waals surface area contributed by atoms with Crippen LogP contribution in [0, 0.1) is 0 Å². The fourth-order valence-corrected chi connectivity index (χ4v) is 3.45. The SMILES string of the molecule is O=C(/C=C/c1ccccc1Cl)N1CCc2c(noc2-c2ccc(Cl)cc2)C1. The molecule has 0 bridgehead atoms. The Bertz CT molecular complexity index is 1010. The van der Waals surface area contributed by atoms with Gasteiger partial charge < -0.3 is 9.42 Å². The van der Waals surface area contributed by atoms with Gasteiger partial charge in [-0.05, 0) is 48.4 Å². The maximum absolute atomic E-state index is 12.5. The lowest BCUT2D eigenvalue weighted by molar-refractivity contribution is -0.126. The maximum Gasteiger partial charge on any atom is 0.246 e. The van der Waals surface area contributed by atoms with Crippen LogP contribution in [-0.2, 0) is 17.8 Å². The molecule has 2 aromatic carbocycles.